The maximum absolute atomic E-state index is 12.4. The number of H-pyrrole nitrogens is 1. The molecule has 136 valence electrons. The molecule has 2 fully saturated rings. The van der Waals surface area contributed by atoms with E-state index in [1.165, 1.54) is 44.5 Å². The fourth-order valence-corrected chi connectivity index (χ4v) is 3.81. The average molecular weight is 346 g/mol. The lowest BCUT2D eigenvalue weighted by molar-refractivity contribution is -0.139. The zero-order valence-corrected chi connectivity index (χ0v) is 14.5. The molecule has 1 atom stereocenters. The number of rotatable bonds is 5. The molecule has 1 saturated heterocycles. The summed E-state index contributed by atoms with van der Waals surface area (Å²) in [5, 5.41) is 2.84. The van der Waals surface area contributed by atoms with Crippen molar-refractivity contribution < 1.29 is 9.59 Å². The van der Waals surface area contributed by atoms with Crippen molar-refractivity contribution in [3.8, 4) is 0 Å². The first-order chi connectivity index (χ1) is 12.1. The first-order valence-electron chi connectivity index (χ1n) is 9.21. The highest BCUT2D eigenvalue weighted by Gasteiger charge is 2.31. The second-order valence-electron chi connectivity index (χ2n) is 7.16. The number of amides is 2. The molecule has 1 aliphatic carbocycles. The van der Waals surface area contributed by atoms with E-state index < -0.39 is 0 Å². The standard InChI is InChI=1S/C18H26N4O3/c23-16-8-15(20-12-21-16)9-19-18(25)14-6-7-17(24)22(11-14)10-13-4-2-1-3-5-13/h8,12-14H,1-7,9-11H2,(H,19,25)(H,20,21,23). The summed E-state index contributed by atoms with van der Waals surface area (Å²) in [6, 6.07) is 1.38. The molecule has 1 aromatic rings. The van der Waals surface area contributed by atoms with Gasteiger partial charge in [0.25, 0.3) is 5.56 Å². The number of hydrogen-bond acceptors (Lipinski definition) is 4. The lowest BCUT2D eigenvalue weighted by atomic mass is 9.87. The van der Waals surface area contributed by atoms with Gasteiger partial charge in [-0.15, -0.1) is 0 Å². The molecule has 1 unspecified atom stereocenters. The number of aromatic amines is 1. The second kappa shape index (κ2) is 8.27. The second-order valence-corrected chi connectivity index (χ2v) is 7.16. The number of carbonyl (C=O) groups excluding carboxylic acids is 2. The van der Waals surface area contributed by atoms with Crippen molar-refractivity contribution in [2.75, 3.05) is 13.1 Å². The maximum Gasteiger partial charge on any atom is 0.250 e. The van der Waals surface area contributed by atoms with Gasteiger partial charge in [-0.2, -0.15) is 0 Å². The summed E-state index contributed by atoms with van der Waals surface area (Å²) in [5.41, 5.74) is 0.296. The zero-order valence-electron chi connectivity index (χ0n) is 14.5. The Hall–Kier alpha value is -2.18. The lowest BCUT2D eigenvalue weighted by Gasteiger charge is -2.35. The molecule has 7 heteroatoms. The summed E-state index contributed by atoms with van der Waals surface area (Å²) in [5.74, 6) is 0.511. The number of nitrogens with zero attached hydrogens (tertiary/aromatic N) is 2. The molecule has 0 radical (unpaired) electrons. The van der Waals surface area contributed by atoms with Crippen LogP contribution in [0.3, 0.4) is 0 Å². The fraction of sp³-hybridized carbons (Fsp3) is 0.667. The smallest absolute Gasteiger partial charge is 0.250 e. The third-order valence-electron chi connectivity index (χ3n) is 5.25. The fourth-order valence-electron chi connectivity index (χ4n) is 3.81. The van der Waals surface area contributed by atoms with Gasteiger partial charge >= 0.3 is 0 Å². The Labute approximate surface area is 147 Å². The van der Waals surface area contributed by atoms with Crippen molar-refractivity contribution in [3.05, 3.63) is 28.4 Å². The van der Waals surface area contributed by atoms with E-state index in [2.05, 4.69) is 15.3 Å². The summed E-state index contributed by atoms with van der Waals surface area (Å²) < 4.78 is 0. The zero-order chi connectivity index (χ0) is 17.6. The topological polar surface area (TPSA) is 95.2 Å². The van der Waals surface area contributed by atoms with E-state index in [1.54, 1.807) is 0 Å². The molecular formula is C18H26N4O3. The van der Waals surface area contributed by atoms with Gasteiger partial charge in [0.1, 0.15) is 0 Å². The Morgan fingerprint density at radius 3 is 2.80 bits per heavy atom. The van der Waals surface area contributed by atoms with Gasteiger partial charge in [0.05, 0.1) is 24.5 Å². The van der Waals surface area contributed by atoms with Gasteiger partial charge in [0, 0.05) is 25.6 Å². The molecule has 25 heavy (non-hydrogen) atoms. The predicted molar refractivity (Wildman–Crippen MR) is 92.6 cm³/mol. The molecule has 2 amide bonds. The third kappa shape index (κ3) is 4.90. The number of hydrogen-bond donors (Lipinski definition) is 2. The first kappa shape index (κ1) is 17.6. The Kier molecular flexibility index (Phi) is 5.83. The van der Waals surface area contributed by atoms with Gasteiger partial charge in [0.2, 0.25) is 11.8 Å². The third-order valence-corrected chi connectivity index (χ3v) is 5.25. The van der Waals surface area contributed by atoms with Crippen LogP contribution < -0.4 is 10.9 Å². The first-order valence-corrected chi connectivity index (χ1v) is 9.21. The molecule has 0 aromatic carbocycles. The molecule has 1 aliphatic heterocycles. The van der Waals surface area contributed by atoms with Crippen LogP contribution in [0, 0.1) is 11.8 Å². The van der Waals surface area contributed by atoms with E-state index in [4.69, 9.17) is 0 Å². The molecule has 3 rings (SSSR count). The van der Waals surface area contributed by atoms with Crippen molar-refractivity contribution in [2.45, 2.75) is 51.5 Å². The summed E-state index contributed by atoms with van der Waals surface area (Å²) in [7, 11) is 0. The van der Waals surface area contributed by atoms with E-state index in [0.29, 0.717) is 31.0 Å². The summed E-state index contributed by atoms with van der Waals surface area (Å²) in [6.45, 7) is 1.53. The number of aromatic nitrogens is 2. The molecule has 7 nitrogen and oxygen atoms in total. The van der Waals surface area contributed by atoms with Crippen LogP contribution in [0.5, 0.6) is 0 Å². The van der Waals surface area contributed by atoms with E-state index in [1.807, 2.05) is 4.90 Å². The van der Waals surface area contributed by atoms with Gasteiger partial charge in [-0.3, -0.25) is 14.4 Å². The minimum Gasteiger partial charge on any atom is -0.350 e. The lowest BCUT2D eigenvalue weighted by Crippen LogP contribution is -2.47. The van der Waals surface area contributed by atoms with Crippen LogP contribution in [0.25, 0.3) is 0 Å². The van der Waals surface area contributed by atoms with Crippen molar-refractivity contribution >= 4 is 11.8 Å². The molecule has 2 heterocycles. The molecule has 1 aromatic heterocycles. The van der Waals surface area contributed by atoms with E-state index in [9.17, 15) is 14.4 Å². The summed E-state index contributed by atoms with van der Waals surface area (Å²) in [4.78, 5) is 44.2. The Morgan fingerprint density at radius 1 is 1.24 bits per heavy atom. The van der Waals surface area contributed by atoms with Crippen molar-refractivity contribution in [1.29, 1.82) is 0 Å². The Balaban J connectivity index is 1.51. The van der Waals surface area contributed by atoms with Crippen LogP contribution in [0.4, 0.5) is 0 Å². The highest BCUT2D eigenvalue weighted by atomic mass is 16.2. The number of nitrogens with one attached hydrogen (secondary N) is 2. The van der Waals surface area contributed by atoms with Crippen LogP contribution in [0.1, 0.15) is 50.6 Å². The molecule has 0 spiro atoms. The van der Waals surface area contributed by atoms with Gasteiger partial charge in [-0.1, -0.05) is 19.3 Å². The maximum atomic E-state index is 12.4. The summed E-state index contributed by atoms with van der Waals surface area (Å²) >= 11 is 0. The van der Waals surface area contributed by atoms with Crippen LogP contribution in [0.15, 0.2) is 17.2 Å². The normalized spacial score (nSPS) is 22.0. The predicted octanol–water partition coefficient (Wildman–Crippen LogP) is 1.20. The molecular weight excluding hydrogens is 320 g/mol. The average Bonchev–Trinajstić information content (AvgIpc) is 2.62. The quantitative estimate of drug-likeness (QED) is 0.837. The van der Waals surface area contributed by atoms with E-state index in [-0.39, 0.29) is 29.8 Å². The number of piperidine rings is 1. The summed E-state index contributed by atoms with van der Waals surface area (Å²) in [6.07, 6.45) is 8.53. The molecule has 0 bridgehead atoms. The molecule has 2 N–H and O–H groups in total. The van der Waals surface area contributed by atoms with Gasteiger partial charge in [-0.05, 0) is 25.2 Å². The van der Waals surface area contributed by atoms with E-state index >= 15 is 0 Å². The van der Waals surface area contributed by atoms with E-state index in [0.717, 1.165) is 6.54 Å². The minimum atomic E-state index is -0.235. The highest BCUT2D eigenvalue weighted by Crippen LogP contribution is 2.27. The van der Waals surface area contributed by atoms with Gasteiger partial charge in [0.15, 0.2) is 0 Å². The van der Waals surface area contributed by atoms with Crippen LogP contribution in [-0.2, 0) is 16.1 Å². The number of carbonyl (C=O) groups is 2. The van der Waals surface area contributed by atoms with Crippen LogP contribution >= 0.6 is 0 Å². The number of likely N-dealkylation sites (tertiary alicyclic amines) is 1. The van der Waals surface area contributed by atoms with Crippen molar-refractivity contribution in [1.82, 2.24) is 20.2 Å². The Morgan fingerprint density at radius 2 is 2.04 bits per heavy atom. The van der Waals surface area contributed by atoms with Gasteiger partial charge < -0.3 is 15.2 Å². The molecule has 2 aliphatic rings. The van der Waals surface area contributed by atoms with Crippen molar-refractivity contribution in [2.24, 2.45) is 11.8 Å². The SMILES string of the molecule is O=C(NCc1cc(=O)[nH]cn1)C1CCC(=O)N(CC2CCCCC2)C1. The van der Waals surface area contributed by atoms with Crippen LogP contribution in [0.2, 0.25) is 0 Å². The largest absolute Gasteiger partial charge is 0.350 e. The van der Waals surface area contributed by atoms with Crippen LogP contribution in [-0.4, -0.2) is 39.8 Å². The molecule has 1 saturated carbocycles. The van der Waals surface area contributed by atoms with Gasteiger partial charge in [-0.25, -0.2) is 4.98 Å². The Bertz CT molecular complexity index is 666. The van der Waals surface area contributed by atoms with Crippen molar-refractivity contribution in [3.63, 3.8) is 0 Å². The minimum absolute atomic E-state index is 0.0665. The highest BCUT2D eigenvalue weighted by molar-refractivity contribution is 5.83. The monoisotopic (exact) mass is 346 g/mol.